The molecule has 0 unspecified atom stereocenters. The predicted octanol–water partition coefficient (Wildman–Crippen LogP) is 3.26. The Morgan fingerprint density at radius 1 is 1.13 bits per heavy atom. The quantitative estimate of drug-likeness (QED) is 0.589. The second-order valence-corrected chi connectivity index (χ2v) is 7.37. The lowest BCUT2D eigenvalue weighted by Crippen LogP contribution is -2.39. The molecule has 31 heavy (non-hydrogen) atoms. The molecule has 2 amide bonds. The molecule has 0 saturated carbocycles. The highest BCUT2D eigenvalue weighted by Gasteiger charge is 2.27. The van der Waals surface area contributed by atoms with E-state index in [-0.39, 0.29) is 24.2 Å². The molecule has 8 heteroatoms. The van der Waals surface area contributed by atoms with E-state index in [2.05, 4.69) is 15.5 Å². The van der Waals surface area contributed by atoms with Crippen LogP contribution in [0.3, 0.4) is 0 Å². The zero-order chi connectivity index (χ0) is 21.5. The van der Waals surface area contributed by atoms with Gasteiger partial charge in [0.15, 0.2) is 0 Å². The molecule has 160 valence electrons. The number of hydrogen-bond donors (Lipinski definition) is 1. The lowest BCUT2D eigenvalue weighted by Gasteiger charge is -2.30. The Bertz CT molecular complexity index is 1020. The number of nitrogens with one attached hydrogen (secondary N) is 1. The maximum atomic E-state index is 12.4. The van der Waals surface area contributed by atoms with Gasteiger partial charge in [-0.2, -0.15) is 4.98 Å². The first kappa shape index (κ1) is 20.6. The summed E-state index contributed by atoms with van der Waals surface area (Å²) in [5.41, 5.74) is 0.922. The summed E-state index contributed by atoms with van der Waals surface area (Å²) in [4.78, 5) is 30.6. The Kier molecular flexibility index (Phi) is 6.56. The first-order valence-electron chi connectivity index (χ1n) is 10.4. The molecule has 1 aromatic carbocycles. The minimum Gasteiger partial charge on any atom is -0.465 e. The third-order valence-corrected chi connectivity index (χ3v) is 5.25. The van der Waals surface area contributed by atoms with E-state index in [1.807, 2.05) is 35.2 Å². The van der Waals surface area contributed by atoms with Crippen molar-refractivity contribution in [3.8, 4) is 11.4 Å². The molecule has 4 rings (SSSR count). The number of hydrogen-bond acceptors (Lipinski definition) is 6. The Hall–Kier alpha value is -3.68. The van der Waals surface area contributed by atoms with Gasteiger partial charge in [0.2, 0.25) is 23.5 Å². The van der Waals surface area contributed by atoms with Gasteiger partial charge in [0.1, 0.15) is 5.76 Å². The van der Waals surface area contributed by atoms with Crippen molar-refractivity contribution >= 4 is 17.9 Å². The van der Waals surface area contributed by atoms with Crippen molar-refractivity contribution in [1.29, 1.82) is 0 Å². The Morgan fingerprint density at radius 3 is 2.68 bits per heavy atom. The molecule has 1 N–H and O–H groups in total. The first-order valence-corrected chi connectivity index (χ1v) is 10.4. The van der Waals surface area contributed by atoms with Gasteiger partial charge in [-0.1, -0.05) is 35.5 Å². The standard InChI is InChI=1S/C23H24N4O4/c28-20(9-8-19-7-4-16-30-19)24-13-10-21(29)27-14-11-18(12-15-27)23-25-22(26-31-23)17-5-2-1-3-6-17/h1-9,16,18H,10-15H2,(H,24,28)/b9-8+. The molecule has 3 aromatic rings. The zero-order valence-corrected chi connectivity index (χ0v) is 17.1. The minimum atomic E-state index is -0.256. The van der Waals surface area contributed by atoms with Crippen molar-refractivity contribution in [2.75, 3.05) is 19.6 Å². The molecular weight excluding hydrogens is 396 g/mol. The van der Waals surface area contributed by atoms with E-state index in [9.17, 15) is 9.59 Å². The number of likely N-dealkylation sites (tertiary alicyclic amines) is 1. The minimum absolute atomic E-state index is 0.0317. The summed E-state index contributed by atoms with van der Waals surface area (Å²) < 4.78 is 10.6. The fourth-order valence-electron chi connectivity index (χ4n) is 3.53. The smallest absolute Gasteiger partial charge is 0.244 e. The number of rotatable bonds is 7. The van der Waals surface area contributed by atoms with E-state index in [1.165, 1.54) is 6.08 Å². The van der Waals surface area contributed by atoms with E-state index in [4.69, 9.17) is 8.94 Å². The van der Waals surface area contributed by atoms with Crippen molar-refractivity contribution in [2.24, 2.45) is 0 Å². The topological polar surface area (TPSA) is 101 Å². The highest BCUT2D eigenvalue weighted by molar-refractivity contribution is 5.91. The van der Waals surface area contributed by atoms with Crippen LogP contribution in [0.25, 0.3) is 17.5 Å². The van der Waals surface area contributed by atoms with E-state index < -0.39 is 0 Å². The van der Waals surface area contributed by atoms with Crippen molar-refractivity contribution in [2.45, 2.75) is 25.2 Å². The van der Waals surface area contributed by atoms with Crippen molar-refractivity contribution in [3.63, 3.8) is 0 Å². The van der Waals surface area contributed by atoms with Crippen LogP contribution in [-0.4, -0.2) is 46.5 Å². The van der Waals surface area contributed by atoms with Crippen LogP contribution in [0, 0.1) is 0 Å². The van der Waals surface area contributed by atoms with E-state index in [1.54, 1.807) is 24.5 Å². The van der Waals surface area contributed by atoms with Gasteiger partial charge in [-0.25, -0.2) is 0 Å². The highest BCUT2D eigenvalue weighted by atomic mass is 16.5. The molecule has 1 aliphatic heterocycles. The summed E-state index contributed by atoms with van der Waals surface area (Å²) in [6.07, 6.45) is 6.34. The highest BCUT2D eigenvalue weighted by Crippen LogP contribution is 2.28. The molecule has 0 radical (unpaired) electrons. The molecule has 0 aliphatic carbocycles. The number of benzene rings is 1. The van der Waals surface area contributed by atoms with Crippen LogP contribution in [0.4, 0.5) is 0 Å². The molecule has 1 saturated heterocycles. The number of aromatic nitrogens is 2. The van der Waals surface area contributed by atoms with E-state index >= 15 is 0 Å². The molecular formula is C23H24N4O4. The van der Waals surface area contributed by atoms with Crippen LogP contribution in [0.15, 0.2) is 63.7 Å². The van der Waals surface area contributed by atoms with Crippen molar-refractivity contribution < 1.29 is 18.5 Å². The summed E-state index contributed by atoms with van der Waals surface area (Å²) in [6, 6.07) is 13.2. The largest absolute Gasteiger partial charge is 0.465 e. The van der Waals surface area contributed by atoms with Gasteiger partial charge in [-0.3, -0.25) is 9.59 Å². The molecule has 3 heterocycles. The summed E-state index contributed by atoms with van der Waals surface area (Å²) in [7, 11) is 0. The SMILES string of the molecule is O=C(/C=C/c1ccco1)NCCC(=O)N1CCC(c2nc(-c3ccccc3)no2)CC1. The Morgan fingerprint density at radius 2 is 1.94 bits per heavy atom. The van der Waals surface area contributed by atoms with Gasteiger partial charge in [0, 0.05) is 43.6 Å². The number of nitrogens with zero attached hydrogens (tertiary/aromatic N) is 3. The van der Waals surface area contributed by atoms with Gasteiger partial charge < -0.3 is 19.2 Å². The predicted molar refractivity (Wildman–Crippen MR) is 114 cm³/mol. The van der Waals surface area contributed by atoms with Crippen LogP contribution in [0.1, 0.15) is 36.8 Å². The van der Waals surface area contributed by atoms with E-state index in [0.29, 0.717) is 37.1 Å². The van der Waals surface area contributed by atoms with Crippen LogP contribution < -0.4 is 5.32 Å². The van der Waals surface area contributed by atoms with Gasteiger partial charge in [0.25, 0.3) is 0 Å². The molecule has 1 fully saturated rings. The monoisotopic (exact) mass is 420 g/mol. The summed E-state index contributed by atoms with van der Waals surface area (Å²) >= 11 is 0. The summed E-state index contributed by atoms with van der Waals surface area (Å²) in [6.45, 7) is 1.57. The molecule has 0 spiro atoms. The first-order chi connectivity index (χ1) is 15.2. The third-order valence-electron chi connectivity index (χ3n) is 5.25. The molecule has 0 atom stereocenters. The summed E-state index contributed by atoms with van der Waals surface area (Å²) in [5.74, 6) is 1.75. The number of amides is 2. The van der Waals surface area contributed by atoms with Gasteiger partial charge in [-0.05, 0) is 31.1 Å². The van der Waals surface area contributed by atoms with Crippen molar-refractivity contribution in [3.05, 3.63) is 66.5 Å². The second kappa shape index (κ2) is 9.88. The lowest BCUT2D eigenvalue weighted by atomic mass is 9.96. The number of carbonyl (C=O) groups is 2. The molecule has 8 nitrogen and oxygen atoms in total. The second-order valence-electron chi connectivity index (χ2n) is 7.37. The van der Waals surface area contributed by atoms with Crippen molar-refractivity contribution in [1.82, 2.24) is 20.4 Å². The molecule has 0 bridgehead atoms. The molecule has 2 aromatic heterocycles. The normalized spacial score (nSPS) is 14.8. The average molecular weight is 420 g/mol. The third kappa shape index (κ3) is 5.48. The number of carbonyl (C=O) groups excluding carboxylic acids is 2. The maximum absolute atomic E-state index is 12.4. The van der Waals surface area contributed by atoms with Gasteiger partial charge in [0.05, 0.1) is 6.26 Å². The van der Waals surface area contributed by atoms with Crippen LogP contribution >= 0.6 is 0 Å². The zero-order valence-electron chi connectivity index (χ0n) is 17.1. The number of piperidine rings is 1. The Balaban J connectivity index is 1.19. The van der Waals surface area contributed by atoms with E-state index in [0.717, 1.165) is 18.4 Å². The van der Waals surface area contributed by atoms with Gasteiger partial charge >= 0.3 is 0 Å². The average Bonchev–Trinajstić information content (AvgIpc) is 3.51. The lowest BCUT2D eigenvalue weighted by molar-refractivity contribution is -0.132. The fourth-order valence-corrected chi connectivity index (χ4v) is 3.53. The van der Waals surface area contributed by atoms with Crippen LogP contribution in [0.5, 0.6) is 0 Å². The van der Waals surface area contributed by atoms with Crippen LogP contribution in [-0.2, 0) is 9.59 Å². The van der Waals surface area contributed by atoms with Gasteiger partial charge in [-0.15, -0.1) is 0 Å². The number of furan rings is 1. The fraction of sp³-hybridized carbons (Fsp3) is 0.304. The Labute approximate surface area is 179 Å². The van der Waals surface area contributed by atoms with Crippen LogP contribution in [0.2, 0.25) is 0 Å². The molecule has 1 aliphatic rings. The summed E-state index contributed by atoms with van der Waals surface area (Å²) in [5, 5.41) is 6.81. The maximum Gasteiger partial charge on any atom is 0.244 e.